The lowest BCUT2D eigenvalue weighted by molar-refractivity contribution is 0.0788. The van der Waals surface area contributed by atoms with Crippen molar-refractivity contribution >= 4 is 5.91 Å². The topological polar surface area (TPSA) is 47.4 Å². The van der Waals surface area contributed by atoms with E-state index in [1.54, 1.807) is 40.0 Å². The van der Waals surface area contributed by atoms with Crippen LogP contribution in [0.2, 0.25) is 0 Å². The third-order valence-corrected chi connectivity index (χ3v) is 4.90. The second-order valence-electron chi connectivity index (χ2n) is 7.09. The van der Waals surface area contributed by atoms with Crippen LogP contribution in [0.4, 0.5) is 8.78 Å². The van der Waals surface area contributed by atoms with E-state index >= 15 is 0 Å². The average molecular weight is 397 g/mol. The maximum Gasteiger partial charge on any atom is 0.260 e. The highest BCUT2D eigenvalue weighted by molar-refractivity contribution is 5.96. The van der Waals surface area contributed by atoms with E-state index in [9.17, 15) is 13.6 Å². The van der Waals surface area contributed by atoms with Crippen LogP contribution in [0.25, 0.3) is 0 Å². The van der Waals surface area contributed by atoms with Crippen molar-refractivity contribution in [2.24, 2.45) is 0 Å². The first-order valence-electron chi connectivity index (χ1n) is 9.57. The molecule has 1 aromatic heterocycles. The van der Waals surface area contributed by atoms with E-state index < -0.39 is 0 Å². The number of carbonyl (C=O) groups excluding carboxylic acids is 1. The van der Waals surface area contributed by atoms with Crippen LogP contribution in [0.1, 0.15) is 34.3 Å². The van der Waals surface area contributed by atoms with Crippen molar-refractivity contribution < 1.29 is 18.3 Å². The first kappa shape index (κ1) is 19.1. The minimum Gasteiger partial charge on any atom is -0.471 e. The van der Waals surface area contributed by atoms with E-state index in [0.29, 0.717) is 12.1 Å². The van der Waals surface area contributed by atoms with Gasteiger partial charge in [0.1, 0.15) is 23.8 Å². The second kappa shape index (κ2) is 8.43. The summed E-state index contributed by atoms with van der Waals surface area (Å²) in [4.78, 5) is 14.7. The molecule has 150 valence electrons. The standard InChI is InChI=1S/C22H21F2N3O2/c23-18-7-3-16(4-8-18)13-27-14-20(22(28)26-11-1-2-12-26)21(25-27)29-15-17-5-9-19(24)10-6-17/h3-10,14H,1-2,11-13,15H2. The number of rotatable bonds is 6. The Morgan fingerprint density at radius 1 is 0.931 bits per heavy atom. The lowest BCUT2D eigenvalue weighted by Gasteiger charge is -2.14. The number of benzene rings is 2. The van der Waals surface area contributed by atoms with Crippen molar-refractivity contribution in [3.05, 3.63) is 83.1 Å². The smallest absolute Gasteiger partial charge is 0.260 e. The average Bonchev–Trinajstić information content (AvgIpc) is 3.39. The molecular formula is C22H21F2N3O2. The van der Waals surface area contributed by atoms with Gasteiger partial charge in [-0.2, -0.15) is 0 Å². The molecule has 0 radical (unpaired) electrons. The third kappa shape index (κ3) is 4.62. The first-order chi connectivity index (χ1) is 14.1. The Labute approximate surface area is 167 Å². The van der Waals surface area contributed by atoms with Crippen molar-refractivity contribution in [2.75, 3.05) is 13.1 Å². The highest BCUT2D eigenvalue weighted by Crippen LogP contribution is 2.23. The monoisotopic (exact) mass is 397 g/mol. The third-order valence-electron chi connectivity index (χ3n) is 4.90. The molecule has 4 rings (SSSR count). The number of amides is 1. The lowest BCUT2D eigenvalue weighted by Crippen LogP contribution is -2.27. The highest BCUT2D eigenvalue weighted by atomic mass is 19.1. The van der Waals surface area contributed by atoms with Gasteiger partial charge in [0, 0.05) is 19.3 Å². The fraction of sp³-hybridized carbons (Fsp3) is 0.273. The zero-order valence-corrected chi connectivity index (χ0v) is 15.9. The molecule has 29 heavy (non-hydrogen) atoms. The summed E-state index contributed by atoms with van der Waals surface area (Å²) < 4.78 is 33.7. The maximum absolute atomic E-state index is 13.1. The predicted octanol–water partition coefficient (Wildman–Crippen LogP) is 4.02. The molecule has 2 aromatic carbocycles. The van der Waals surface area contributed by atoms with Crippen molar-refractivity contribution in [2.45, 2.75) is 26.0 Å². The molecule has 0 atom stereocenters. The molecule has 1 fully saturated rings. The fourth-order valence-corrected chi connectivity index (χ4v) is 3.34. The van der Waals surface area contributed by atoms with Gasteiger partial charge in [0.25, 0.3) is 5.91 Å². The van der Waals surface area contributed by atoms with Gasteiger partial charge in [-0.05, 0) is 48.2 Å². The van der Waals surface area contributed by atoms with Gasteiger partial charge in [0.2, 0.25) is 5.88 Å². The van der Waals surface area contributed by atoms with Crippen LogP contribution < -0.4 is 4.74 Å². The van der Waals surface area contributed by atoms with Gasteiger partial charge in [-0.15, -0.1) is 5.10 Å². The summed E-state index contributed by atoms with van der Waals surface area (Å²) in [5.74, 6) is -0.486. The zero-order chi connectivity index (χ0) is 20.2. The summed E-state index contributed by atoms with van der Waals surface area (Å²) in [5, 5.41) is 4.43. The van der Waals surface area contributed by atoms with E-state index in [-0.39, 0.29) is 30.0 Å². The largest absolute Gasteiger partial charge is 0.471 e. The number of carbonyl (C=O) groups is 1. The van der Waals surface area contributed by atoms with Gasteiger partial charge in [0.05, 0.1) is 6.54 Å². The maximum atomic E-state index is 13.1. The summed E-state index contributed by atoms with van der Waals surface area (Å²) >= 11 is 0. The number of ether oxygens (including phenoxy) is 1. The molecule has 2 heterocycles. The van der Waals surface area contributed by atoms with Crippen LogP contribution in [-0.4, -0.2) is 33.7 Å². The summed E-state index contributed by atoms with van der Waals surface area (Å²) in [6, 6.07) is 12.1. The first-order valence-corrected chi connectivity index (χ1v) is 9.57. The van der Waals surface area contributed by atoms with E-state index in [0.717, 1.165) is 37.1 Å². The molecule has 1 aliphatic rings. The van der Waals surface area contributed by atoms with E-state index in [4.69, 9.17) is 4.74 Å². The number of halogens is 2. The van der Waals surface area contributed by atoms with Gasteiger partial charge < -0.3 is 9.64 Å². The number of likely N-dealkylation sites (tertiary alicyclic amines) is 1. The van der Waals surface area contributed by atoms with E-state index in [1.807, 2.05) is 0 Å². The molecule has 1 saturated heterocycles. The molecule has 0 N–H and O–H groups in total. The Morgan fingerprint density at radius 3 is 2.14 bits per heavy atom. The molecular weight excluding hydrogens is 376 g/mol. The Morgan fingerprint density at radius 2 is 1.52 bits per heavy atom. The molecule has 5 nitrogen and oxygen atoms in total. The normalized spacial score (nSPS) is 13.7. The summed E-state index contributed by atoms with van der Waals surface area (Å²) in [6.45, 7) is 2.01. The van der Waals surface area contributed by atoms with Crippen LogP contribution in [0.3, 0.4) is 0 Å². The second-order valence-corrected chi connectivity index (χ2v) is 7.09. The Hall–Kier alpha value is -3.22. The number of aromatic nitrogens is 2. The summed E-state index contributed by atoms with van der Waals surface area (Å²) in [5.41, 5.74) is 2.04. The van der Waals surface area contributed by atoms with E-state index in [2.05, 4.69) is 5.10 Å². The van der Waals surface area contributed by atoms with Crippen LogP contribution in [0, 0.1) is 11.6 Å². The van der Waals surface area contributed by atoms with Gasteiger partial charge in [-0.1, -0.05) is 24.3 Å². The molecule has 0 aliphatic carbocycles. The molecule has 0 unspecified atom stereocenters. The quantitative estimate of drug-likeness (QED) is 0.631. The number of nitrogens with zero attached hydrogens (tertiary/aromatic N) is 3. The molecule has 3 aromatic rings. The van der Waals surface area contributed by atoms with Crippen molar-refractivity contribution in [1.82, 2.24) is 14.7 Å². The van der Waals surface area contributed by atoms with E-state index in [1.165, 1.54) is 24.3 Å². The molecule has 0 saturated carbocycles. The molecule has 0 spiro atoms. The molecule has 7 heteroatoms. The Balaban J connectivity index is 1.56. The van der Waals surface area contributed by atoms with Crippen molar-refractivity contribution in [3.63, 3.8) is 0 Å². The van der Waals surface area contributed by atoms with Gasteiger partial charge in [0.15, 0.2) is 0 Å². The molecule has 1 amide bonds. The van der Waals surface area contributed by atoms with Crippen LogP contribution in [0.5, 0.6) is 5.88 Å². The molecule has 1 aliphatic heterocycles. The Bertz CT molecular complexity index is 978. The predicted molar refractivity (Wildman–Crippen MR) is 104 cm³/mol. The van der Waals surface area contributed by atoms with Crippen LogP contribution in [0.15, 0.2) is 54.7 Å². The van der Waals surface area contributed by atoms with Gasteiger partial charge in [-0.25, -0.2) is 8.78 Å². The van der Waals surface area contributed by atoms with Crippen molar-refractivity contribution in [3.8, 4) is 5.88 Å². The number of hydrogen-bond acceptors (Lipinski definition) is 3. The van der Waals surface area contributed by atoms with Crippen LogP contribution in [-0.2, 0) is 13.2 Å². The zero-order valence-electron chi connectivity index (χ0n) is 15.9. The van der Waals surface area contributed by atoms with Gasteiger partial charge in [-0.3, -0.25) is 9.48 Å². The fourth-order valence-electron chi connectivity index (χ4n) is 3.34. The van der Waals surface area contributed by atoms with Crippen LogP contribution >= 0.6 is 0 Å². The van der Waals surface area contributed by atoms with Crippen molar-refractivity contribution in [1.29, 1.82) is 0 Å². The summed E-state index contributed by atoms with van der Waals surface area (Å²) in [6.07, 6.45) is 3.65. The molecule has 0 bridgehead atoms. The highest BCUT2D eigenvalue weighted by Gasteiger charge is 2.25. The lowest BCUT2D eigenvalue weighted by atomic mass is 10.2. The Kier molecular flexibility index (Phi) is 5.55. The summed E-state index contributed by atoms with van der Waals surface area (Å²) in [7, 11) is 0. The SMILES string of the molecule is O=C(c1cn(Cc2ccc(F)cc2)nc1OCc1ccc(F)cc1)N1CCCC1. The number of hydrogen-bond donors (Lipinski definition) is 0. The van der Waals surface area contributed by atoms with Gasteiger partial charge >= 0.3 is 0 Å². The minimum atomic E-state index is -0.317. The minimum absolute atomic E-state index is 0.109.